The Labute approximate surface area is 93.6 Å². The Bertz CT molecular complexity index is 427. The van der Waals surface area contributed by atoms with E-state index in [4.69, 9.17) is 0 Å². The van der Waals surface area contributed by atoms with Gasteiger partial charge in [0.15, 0.2) is 0 Å². The Morgan fingerprint density at radius 3 is 2.50 bits per heavy atom. The van der Waals surface area contributed by atoms with E-state index in [2.05, 4.69) is 5.32 Å². The van der Waals surface area contributed by atoms with Gasteiger partial charge in [0.2, 0.25) is 5.91 Å². The molecule has 0 aliphatic carbocycles. The summed E-state index contributed by atoms with van der Waals surface area (Å²) in [6.07, 6.45) is 0. The van der Waals surface area contributed by atoms with E-state index in [9.17, 15) is 14.9 Å². The van der Waals surface area contributed by atoms with Gasteiger partial charge in [-0.25, -0.2) is 0 Å². The van der Waals surface area contributed by atoms with Crippen LogP contribution in [0.15, 0.2) is 18.2 Å². The van der Waals surface area contributed by atoms with Crippen LogP contribution in [-0.2, 0) is 4.79 Å². The van der Waals surface area contributed by atoms with Crippen LogP contribution in [-0.4, -0.2) is 10.8 Å². The minimum atomic E-state index is -0.441. The van der Waals surface area contributed by atoms with Crippen LogP contribution < -0.4 is 5.32 Å². The summed E-state index contributed by atoms with van der Waals surface area (Å²) in [6, 6.07) is 4.45. The lowest BCUT2D eigenvalue weighted by Gasteiger charge is -2.12. The van der Waals surface area contributed by atoms with Crippen LogP contribution in [0.1, 0.15) is 32.3 Å². The predicted molar refractivity (Wildman–Crippen MR) is 61.5 cm³/mol. The first-order valence-electron chi connectivity index (χ1n) is 4.97. The molecule has 16 heavy (non-hydrogen) atoms. The number of carbonyl (C=O) groups is 1. The van der Waals surface area contributed by atoms with E-state index in [1.54, 1.807) is 6.07 Å². The van der Waals surface area contributed by atoms with E-state index < -0.39 is 4.92 Å². The van der Waals surface area contributed by atoms with Crippen LogP contribution in [0.2, 0.25) is 0 Å². The topological polar surface area (TPSA) is 72.2 Å². The number of nitro benzene ring substituents is 1. The fourth-order valence-corrected chi connectivity index (χ4v) is 1.44. The Morgan fingerprint density at radius 1 is 1.44 bits per heavy atom. The van der Waals surface area contributed by atoms with Gasteiger partial charge >= 0.3 is 0 Å². The number of benzene rings is 1. The normalized spacial score (nSPS) is 10.2. The molecule has 0 radical (unpaired) electrons. The molecular weight excluding hydrogens is 208 g/mol. The Kier molecular flexibility index (Phi) is 3.60. The minimum Gasteiger partial charge on any atom is -0.326 e. The first-order valence-corrected chi connectivity index (χ1v) is 4.97. The monoisotopic (exact) mass is 222 g/mol. The van der Waals surface area contributed by atoms with Crippen molar-refractivity contribution >= 4 is 17.3 Å². The standard InChI is InChI=1S/C11H14N2O3/c1-7(2)10-6-9(13(15)16)4-5-11(10)12-8(3)14/h4-7H,1-3H3,(H,12,14). The van der Waals surface area contributed by atoms with Gasteiger partial charge in [-0.15, -0.1) is 0 Å². The number of nitrogens with zero attached hydrogens (tertiary/aromatic N) is 1. The largest absolute Gasteiger partial charge is 0.326 e. The number of nitro groups is 1. The molecule has 5 heteroatoms. The number of rotatable bonds is 3. The van der Waals surface area contributed by atoms with Gasteiger partial charge in [0.05, 0.1) is 4.92 Å². The second-order valence-electron chi connectivity index (χ2n) is 3.86. The zero-order valence-electron chi connectivity index (χ0n) is 9.48. The third kappa shape index (κ3) is 2.79. The number of anilines is 1. The number of amides is 1. The van der Waals surface area contributed by atoms with Crippen molar-refractivity contribution in [3.63, 3.8) is 0 Å². The van der Waals surface area contributed by atoms with Crippen molar-refractivity contribution in [3.05, 3.63) is 33.9 Å². The average molecular weight is 222 g/mol. The summed E-state index contributed by atoms with van der Waals surface area (Å²) in [5.74, 6) is -0.0718. The molecule has 0 aliphatic rings. The molecule has 0 atom stereocenters. The van der Waals surface area contributed by atoms with Crippen LogP contribution in [0.5, 0.6) is 0 Å². The highest BCUT2D eigenvalue weighted by atomic mass is 16.6. The second-order valence-corrected chi connectivity index (χ2v) is 3.86. The van der Waals surface area contributed by atoms with E-state index in [1.807, 2.05) is 13.8 Å². The number of non-ortho nitro benzene ring substituents is 1. The minimum absolute atomic E-state index is 0.0396. The molecule has 5 nitrogen and oxygen atoms in total. The fourth-order valence-electron chi connectivity index (χ4n) is 1.44. The lowest BCUT2D eigenvalue weighted by atomic mass is 10.0. The zero-order chi connectivity index (χ0) is 12.3. The maximum Gasteiger partial charge on any atom is 0.269 e. The van der Waals surface area contributed by atoms with Crippen LogP contribution in [0.25, 0.3) is 0 Å². The lowest BCUT2D eigenvalue weighted by Crippen LogP contribution is -2.09. The SMILES string of the molecule is CC(=O)Nc1ccc([N+](=O)[O-])cc1C(C)C. The molecule has 86 valence electrons. The Balaban J connectivity index is 3.19. The van der Waals surface area contributed by atoms with Gasteiger partial charge in [-0.3, -0.25) is 14.9 Å². The van der Waals surface area contributed by atoms with Crippen LogP contribution in [0.4, 0.5) is 11.4 Å². The highest BCUT2D eigenvalue weighted by Crippen LogP contribution is 2.28. The van der Waals surface area contributed by atoms with Crippen molar-refractivity contribution < 1.29 is 9.72 Å². The van der Waals surface area contributed by atoms with Gasteiger partial charge in [-0.2, -0.15) is 0 Å². The van der Waals surface area contributed by atoms with Crippen LogP contribution in [0, 0.1) is 10.1 Å². The van der Waals surface area contributed by atoms with E-state index in [0.717, 1.165) is 5.56 Å². The van der Waals surface area contributed by atoms with Gasteiger partial charge in [-0.1, -0.05) is 13.8 Å². The number of nitrogens with one attached hydrogen (secondary N) is 1. The second kappa shape index (κ2) is 4.74. The Morgan fingerprint density at radius 2 is 2.06 bits per heavy atom. The smallest absolute Gasteiger partial charge is 0.269 e. The highest BCUT2D eigenvalue weighted by Gasteiger charge is 2.13. The number of carbonyl (C=O) groups excluding carboxylic acids is 1. The van der Waals surface area contributed by atoms with Gasteiger partial charge in [0, 0.05) is 24.7 Å². The molecule has 0 aliphatic heterocycles. The lowest BCUT2D eigenvalue weighted by molar-refractivity contribution is -0.384. The van der Waals surface area contributed by atoms with Crippen molar-refractivity contribution in [1.82, 2.24) is 0 Å². The number of hydrogen-bond donors (Lipinski definition) is 1. The molecule has 0 aromatic heterocycles. The molecule has 0 saturated heterocycles. The summed E-state index contributed by atoms with van der Waals surface area (Å²) in [5, 5.41) is 13.3. The highest BCUT2D eigenvalue weighted by molar-refractivity contribution is 5.89. The quantitative estimate of drug-likeness (QED) is 0.631. The summed E-state index contributed by atoms with van der Waals surface area (Å²) < 4.78 is 0. The molecule has 0 unspecified atom stereocenters. The zero-order valence-corrected chi connectivity index (χ0v) is 9.48. The molecule has 1 N–H and O–H groups in total. The first kappa shape index (κ1) is 12.2. The summed E-state index contributed by atoms with van der Waals surface area (Å²) >= 11 is 0. The number of hydrogen-bond acceptors (Lipinski definition) is 3. The van der Waals surface area contributed by atoms with E-state index in [-0.39, 0.29) is 17.5 Å². The van der Waals surface area contributed by atoms with Crippen molar-refractivity contribution in [2.24, 2.45) is 0 Å². The molecule has 1 amide bonds. The van der Waals surface area contributed by atoms with Gasteiger partial charge < -0.3 is 5.32 Å². The third-order valence-electron chi connectivity index (χ3n) is 2.18. The van der Waals surface area contributed by atoms with Crippen molar-refractivity contribution in [2.45, 2.75) is 26.7 Å². The van der Waals surface area contributed by atoms with Gasteiger partial charge in [0.25, 0.3) is 5.69 Å². The van der Waals surface area contributed by atoms with Gasteiger partial charge in [0.1, 0.15) is 0 Å². The predicted octanol–water partition coefficient (Wildman–Crippen LogP) is 2.68. The Hall–Kier alpha value is -1.91. The maximum atomic E-state index is 11.0. The van der Waals surface area contributed by atoms with Crippen LogP contribution in [0.3, 0.4) is 0 Å². The van der Waals surface area contributed by atoms with Crippen LogP contribution >= 0.6 is 0 Å². The summed E-state index contributed by atoms with van der Waals surface area (Å²) in [4.78, 5) is 21.1. The average Bonchev–Trinajstić information content (AvgIpc) is 2.16. The summed E-state index contributed by atoms with van der Waals surface area (Å²) in [7, 11) is 0. The molecule has 0 spiro atoms. The van der Waals surface area contributed by atoms with Gasteiger partial charge in [-0.05, 0) is 17.5 Å². The fraction of sp³-hybridized carbons (Fsp3) is 0.364. The molecule has 0 fully saturated rings. The third-order valence-corrected chi connectivity index (χ3v) is 2.18. The summed E-state index contributed by atoms with van der Waals surface area (Å²) in [6.45, 7) is 5.25. The molecule has 1 rings (SSSR count). The molecule has 1 aromatic carbocycles. The van der Waals surface area contributed by atoms with Crippen molar-refractivity contribution in [3.8, 4) is 0 Å². The molecule has 0 saturated carbocycles. The summed E-state index contributed by atoms with van der Waals surface area (Å²) in [5.41, 5.74) is 1.44. The molecular formula is C11H14N2O3. The maximum absolute atomic E-state index is 11.0. The van der Waals surface area contributed by atoms with Crippen molar-refractivity contribution in [1.29, 1.82) is 0 Å². The molecule has 0 heterocycles. The van der Waals surface area contributed by atoms with E-state index >= 15 is 0 Å². The van der Waals surface area contributed by atoms with E-state index in [1.165, 1.54) is 19.1 Å². The van der Waals surface area contributed by atoms with E-state index in [0.29, 0.717) is 5.69 Å². The molecule has 0 bridgehead atoms. The van der Waals surface area contributed by atoms with Crippen molar-refractivity contribution in [2.75, 3.05) is 5.32 Å². The molecule has 1 aromatic rings. The first-order chi connectivity index (χ1) is 7.41.